The minimum absolute atomic E-state index is 0.219. The van der Waals surface area contributed by atoms with Gasteiger partial charge in [-0.3, -0.25) is 9.59 Å². The first-order chi connectivity index (χ1) is 28.3. The summed E-state index contributed by atoms with van der Waals surface area (Å²) in [6.07, 6.45) is 37.2. The molecule has 1 rings (SSSR count). The van der Waals surface area contributed by atoms with Gasteiger partial charge in [0.1, 0.15) is 31.0 Å². The lowest BCUT2D eigenvalue weighted by Crippen LogP contribution is -2.59. The lowest BCUT2D eigenvalue weighted by atomic mass is 9.99. The van der Waals surface area contributed by atoms with E-state index in [2.05, 4.69) is 50.3 Å². The summed E-state index contributed by atoms with van der Waals surface area (Å²) < 4.78 is 22.2. The molecule has 1 aliphatic heterocycles. The van der Waals surface area contributed by atoms with Crippen LogP contribution in [0.2, 0.25) is 0 Å². The highest BCUT2D eigenvalue weighted by molar-refractivity contribution is 5.70. The lowest BCUT2D eigenvalue weighted by Gasteiger charge is -2.39. The van der Waals surface area contributed by atoms with Crippen LogP contribution in [0.4, 0.5) is 0 Å². The fourth-order valence-electron chi connectivity index (χ4n) is 6.98. The number of esters is 2. The molecule has 6 atom stereocenters. The average molecular weight is 823 g/mol. The summed E-state index contributed by atoms with van der Waals surface area (Å²) in [4.78, 5) is 25.4. The molecule has 338 valence electrons. The summed E-state index contributed by atoms with van der Waals surface area (Å²) in [7, 11) is 0. The SMILES string of the molecule is CCCCC/C=C/C/C=C/CCCCCCCCCCCC(=O)OC[C@@H](CO[C@H]1O[C@@H](CO)[C@@H](O)C(O)C1O)OC(=O)CCCCCCC/C=C/CCCCCCC. The van der Waals surface area contributed by atoms with E-state index in [9.17, 15) is 30.0 Å². The normalized spacial score (nSPS) is 20.4. The molecule has 0 aromatic heterocycles. The number of ether oxygens (including phenoxy) is 4. The Morgan fingerprint density at radius 2 is 0.966 bits per heavy atom. The van der Waals surface area contributed by atoms with Crippen molar-refractivity contribution in [3.8, 4) is 0 Å². The van der Waals surface area contributed by atoms with E-state index in [1.54, 1.807) is 0 Å². The van der Waals surface area contributed by atoms with E-state index >= 15 is 0 Å². The summed E-state index contributed by atoms with van der Waals surface area (Å²) in [6.45, 7) is 3.38. The van der Waals surface area contributed by atoms with Gasteiger partial charge in [-0.2, -0.15) is 0 Å². The Hall–Kier alpha value is -2.08. The monoisotopic (exact) mass is 823 g/mol. The van der Waals surface area contributed by atoms with Crippen LogP contribution in [-0.4, -0.2) is 89.0 Å². The van der Waals surface area contributed by atoms with E-state index in [0.29, 0.717) is 6.42 Å². The van der Waals surface area contributed by atoms with Gasteiger partial charge in [-0.15, -0.1) is 0 Å². The number of allylic oxidation sites excluding steroid dienone is 6. The van der Waals surface area contributed by atoms with Crippen molar-refractivity contribution < 1.29 is 49.0 Å². The van der Waals surface area contributed by atoms with Crippen LogP contribution in [0.1, 0.15) is 200 Å². The van der Waals surface area contributed by atoms with Crippen LogP contribution in [0.25, 0.3) is 0 Å². The number of hydrogen-bond donors (Lipinski definition) is 4. The van der Waals surface area contributed by atoms with Crippen LogP contribution < -0.4 is 0 Å². The van der Waals surface area contributed by atoms with Crippen LogP contribution >= 0.6 is 0 Å². The van der Waals surface area contributed by atoms with Crippen molar-refractivity contribution in [3.63, 3.8) is 0 Å². The van der Waals surface area contributed by atoms with Crippen molar-refractivity contribution >= 4 is 11.9 Å². The van der Waals surface area contributed by atoms with Gasteiger partial charge >= 0.3 is 11.9 Å². The summed E-state index contributed by atoms with van der Waals surface area (Å²) in [5, 5.41) is 40.1. The topological polar surface area (TPSA) is 152 Å². The first-order valence-corrected chi connectivity index (χ1v) is 23.6. The molecule has 0 bridgehead atoms. The van der Waals surface area contributed by atoms with Crippen molar-refractivity contribution in [3.05, 3.63) is 36.5 Å². The van der Waals surface area contributed by atoms with Crippen molar-refractivity contribution in [2.45, 2.75) is 237 Å². The maximum Gasteiger partial charge on any atom is 0.306 e. The van der Waals surface area contributed by atoms with E-state index in [1.807, 2.05) is 0 Å². The van der Waals surface area contributed by atoms with Gasteiger partial charge in [0.2, 0.25) is 0 Å². The molecule has 10 heteroatoms. The molecule has 1 heterocycles. The van der Waals surface area contributed by atoms with Crippen molar-refractivity contribution in [2.24, 2.45) is 0 Å². The zero-order chi connectivity index (χ0) is 42.3. The molecule has 0 aromatic carbocycles. The fourth-order valence-corrected chi connectivity index (χ4v) is 6.98. The summed E-state index contributed by atoms with van der Waals surface area (Å²) in [5.74, 6) is -0.818. The van der Waals surface area contributed by atoms with Gasteiger partial charge in [0.25, 0.3) is 0 Å². The molecule has 1 saturated heterocycles. The average Bonchev–Trinajstić information content (AvgIpc) is 3.22. The minimum Gasteiger partial charge on any atom is -0.462 e. The first kappa shape index (κ1) is 53.9. The zero-order valence-corrected chi connectivity index (χ0v) is 36.8. The lowest BCUT2D eigenvalue weighted by molar-refractivity contribution is -0.305. The molecule has 0 saturated carbocycles. The standard InChI is InChI=1S/C48H86O10/c1-3-5-7-9-11-13-15-17-19-20-21-22-23-25-26-28-30-32-34-36-43(50)55-39-41(40-56-48-47(54)46(53)45(52)42(38-49)58-48)57-44(51)37-35-33-31-29-27-24-18-16-14-12-10-8-6-4-2/h11,13,16-19,41-42,45-49,52-54H,3-10,12,14-15,20-40H2,1-2H3/b13-11+,18-16+,19-17+/t41-,42-,45+,46?,47?,48-/m0/s1. The van der Waals surface area contributed by atoms with Gasteiger partial charge < -0.3 is 39.4 Å². The fraction of sp³-hybridized carbons (Fsp3) is 0.833. The van der Waals surface area contributed by atoms with E-state index in [0.717, 1.165) is 77.0 Å². The summed E-state index contributed by atoms with van der Waals surface area (Å²) in [5.41, 5.74) is 0. The second-order valence-electron chi connectivity index (χ2n) is 16.2. The Morgan fingerprint density at radius 3 is 1.48 bits per heavy atom. The molecule has 0 aliphatic carbocycles. The van der Waals surface area contributed by atoms with E-state index in [-0.39, 0.29) is 32.0 Å². The van der Waals surface area contributed by atoms with Gasteiger partial charge in [-0.25, -0.2) is 0 Å². The zero-order valence-electron chi connectivity index (χ0n) is 36.8. The Balaban J connectivity index is 2.30. The predicted molar refractivity (Wildman–Crippen MR) is 233 cm³/mol. The highest BCUT2D eigenvalue weighted by atomic mass is 16.7. The summed E-state index contributed by atoms with van der Waals surface area (Å²) >= 11 is 0. The number of carbonyl (C=O) groups is 2. The molecule has 0 amide bonds. The minimum atomic E-state index is -1.60. The van der Waals surface area contributed by atoms with Gasteiger partial charge in [-0.05, 0) is 70.6 Å². The van der Waals surface area contributed by atoms with Crippen molar-refractivity contribution in [1.29, 1.82) is 0 Å². The number of aliphatic hydroxyl groups is 4. The van der Waals surface area contributed by atoms with Crippen LogP contribution in [0.3, 0.4) is 0 Å². The highest BCUT2D eigenvalue weighted by Gasteiger charge is 2.44. The van der Waals surface area contributed by atoms with Gasteiger partial charge in [0.05, 0.1) is 13.2 Å². The third kappa shape index (κ3) is 30.0. The maximum atomic E-state index is 12.8. The van der Waals surface area contributed by atoms with E-state index < -0.39 is 49.4 Å². The largest absolute Gasteiger partial charge is 0.462 e. The second kappa shape index (κ2) is 39.1. The maximum absolute atomic E-state index is 12.8. The molecule has 0 radical (unpaired) electrons. The number of rotatable bonds is 39. The molecule has 2 unspecified atom stereocenters. The second-order valence-corrected chi connectivity index (χ2v) is 16.2. The van der Waals surface area contributed by atoms with Gasteiger partial charge in [-0.1, -0.05) is 153 Å². The van der Waals surface area contributed by atoms with Crippen LogP contribution in [0.5, 0.6) is 0 Å². The van der Waals surface area contributed by atoms with Crippen LogP contribution in [-0.2, 0) is 28.5 Å². The molecule has 0 aromatic rings. The number of hydrogen-bond acceptors (Lipinski definition) is 10. The predicted octanol–water partition coefficient (Wildman–Crippen LogP) is 10.3. The van der Waals surface area contributed by atoms with E-state index in [1.165, 1.54) is 89.9 Å². The Kier molecular flexibility index (Phi) is 36.3. The first-order valence-electron chi connectivity index (χ1n) is 23.6. The number of carbonyl (C=O) groups excluding carboxylic acids is 2. The Bertz CT molecular complexity index is 1040. The smallest absolute Gasteiger partial charge is 0.306 e. The molecule has 1 aliphatic rings. The van der Waals surface area contributed by atoms with Crippen molar-refractivity contribution in [1.82, 2.24) is 0 Å². The van der Waals surface area contributed by atoms with Gasteiger partial charge in [0.15, 0.2) is 12.4 Å². The van der Waals surface area contributed by atoms with E-state index in [4.69, 9.17) is 18.9 Å². The van der Waals surface area contributed by atoms with Gasteiger partial charge in [0, 0.05) is 12.8 Å². The third-order valence-corrected chi connectivity index (χ3v) is 10.7. The Morgan fingerprint density at radius 1 is 0.534 bits per heavy atom. The molecule has 10 nitrogen and oxygen atoms in total. The molecule has 4 N–H and O–H groups in total. The third-order valence-electron chi connectivity index (χ3n) is 10.7. The Labute approximate surface area is 353 Å². The molecule has 58 heavy (non-hydrogen) atoms. The highest BCUT2D eigenvalue weighted by Crippen LogP contribution is 2.23. The molecular weight excluding hydrogens is 737 g/mol. The number of unbranched alkanes of at least 4 members (excludes halogenated alkanes) is 22. The molecule has 0 spiro atoms. The molecular formula is C48H86O10. The quantitative estimate of drug-likeness (QED) is 0.0268. The van der Waals surface area contributed by atoms with Crippen molar-refractivity contribution in [2.75, 3.05) is 19.8 Å². The summed E-state index contributed by atoms with van der Waals surface area (Å²) in [6, 6.07) is 0. The molecule has 1 fully saturated rings. The van der Waals surface area contributed by atoms with Crippen LogP contribution in [0.15, 0.2) is 36.5 Å². The van der Waals surface area contributed by atoms with Crippen LogP contribution in [0, 0.1) is 0 Å². The number of aliphatic hydroxyl groups excluding tert-OH is 4.